The van der Waals surface area contributed by atoms with Gasteiger partial charge in [-0.2, -0.15) is 0 Å². The number of carbonyl (C=O) groups excluding carboxylic acids is 1. The highest BCUT2D eigenvalue weighted by Gasteiger charge is 2.15. The van der Waals surface area contributed by atoms with Gasteiger partial charge in [-0.15, -0.1) is 0 Å². The van der Waals surface area contributed by atoms with Gasteiger partial charge in [0.25, 0.3) is 5.91 Å². The van der Waals surface area contributed by atoms with E-state index in [2.05, 4.69) is 17.2 Å². The van der Waals surface area contributed by atoms with E-state index in [0.717, 1.165) is 12.8 Å². The van der Waals surface area contributed by atoms with Crippen LogP contribution in [0.15, 0.2) is 10.7 Å². The summed E-state index contributed by atoms with van der Waals surface area (Å²) in [6, 6.07) is -0.243. The van der Waals surface area contributed by atoms with Crippen LogP contribution in [-0.4, -0.2) is 17.4 Å². The molecule has 0 saturated carbocycles. The van der Waals surface area contributed by atoms with Crippen molar-refractivity contribution in [3.8, 4) is 0 Å². The third-order valence-corrected chi connectivity index (χ3v) is 5.08. The number of amides is 1. The number of rotatable bonds is 17. The molecule has 0 spiro atoms. The highest BCUT2D eigenvalue weighted by Crippen LogP contribution is 2.13. The molecule has 3 N–H and O–H groups in total. The first-order valence-electron chi connectivity index (χ1n) is 11.2. The van der Waals surface area contributed by atoms with Gasteiger partial charge in [0.1, 0.15) is 6.26 Å². The number of nitrogens with zero attached hydrogens (tertiary/aromatic N) is 1. The van der Waals surface area contributed by atoms with Gasteiger partial charge in [0.2, 0.25) is 5.89 Å². The minimum Gasteiger partial charge on any atom is -0.446 e. The van der Waals surface area contributed by atoms with Gasteiger partial charge < -0.3 is 15.5 Å². The maximum Gasteiger partial charge on any atom is 0.273 e. The van der Waals surface area contributed by atoms with Crippen molar-refractivity contribution in [1.29, 1.82) is 0 Å². The van der Waals surface area contributed by atoms with Crippen LogP contribution in [0.3, 0.4) is 0 Å². The SMILES string of the molecule is CCCCCCCCCCCCCCCNC(=O)c1coc(C(N)CC)n1. The Morgan fingerprint density at radius 3 is 2.00 bits per heavy atom. The summed E-state index contributed by atoms with van der Waals surface area (Å²) in [5.41, 5.74) is 6.17. The topological polar surface area (TPSA) is 81.2 Å². The Bertz CT molecular complexity index is 488. The lowest BCUT2D eigenvalue weighted by atomic mass is 10.0. The summed E-state index contributed by atoms with van der Waals surface area (Å²) in [4.78, 5) is 16.2. The summed E-state index contributed by atoms with van der Waals surface area (Å²) >= 11 is 0. The van der Waals surface area contributed by atoms with Gasteiger partial charge in [-0.05, 0) is 12.8 Å². The van der Waals surface area contributed by atoms with Crippen molar-refractivity contribution in [2.24, 2.45) is 5.73 Å². The molecular formula is C22H41N3O2. The molecule has 1 atom stereocenters. The van der Waals surface area contributed by atoms with Crippen LogP contribution in [0.1, 0.15) is 126 Å². The molecule has 5 heteroatoms. The minimum absolute atomic E-state index is 0.174. The molecule has 0 aliphatic carbocycles. The molecule has 1 amide bonds. The summed E-state index contributed by atoms with van der Waals surface area (Å²) < 4.78 is 5.27. The first-order valence-corrected chi connectivity index (χ1v) is 11.2. The maximum atomic E-state index is 12.0. The number of oxazole rings is 1. The van der Waals surface area contributed by atoms with Crippen molar-refractivity contribution in [2.75, 3.05) is 6.54 Å². The van der Waals surface area contributed by atoms with Crippen LogP contribution >= 0.6 is 0 Å². The number of nitrogens with two attached hydrogens (primary N) is 1. The zero-order valence-corrected chi connectivity index (χ0v) is 17.6. The summed E-state index contributed by atoms with van der Waals surface area (Å²) in [6.07, 6.45) is 19.4. The molecule has 0 aliphatic rings. The second-order valence-corrected chi connectivity index (χ2v) is 7.58. The van der Waals surface area contributed by atoms with E-state index in [9.17, 15) is 4.79 Å². The van der Waals surface area contributed by atoms with E-state index in [1.54, 1.807) is 0 Å². The highest BCUT2D eigenvalue weighted by atomic mass is 16.3. The fourth-order valence-electron chi connectivity index (χ4n) is 3.17. The molecule has 1 aromatic rings. The monoisotopic (exact) mass is 379 g/mol. The van der Waals surface area contributed by atoms with Gasteiger partial charge in [-0.3, -0.25) is 4.79 Å². The maximum absolute atomic E-state index is 12.0. The fourth-order valence-corrected chi connectivity index (χ4v) is 3.17. The summed E-state index contributed by atoms with van der Waals surface area (Å²) in [6.45, 7) is 4.92. The van der Waals surface area contributed by atoms with Crippen molar-refractivity contribution in [2.45, 2.75) is 110 Å². The van der Waals surface area contributed by atoms with E-state index in [0.29, 0.717) is 18.1 Å². The molecule has 0 radical (unpaired) electrons. The number of unbranched alkanes of at least 4 members (excludes halogenated alkanes) is 12. The first-order chi connectivity index (χ1) is 13.2. The van der Waals surface area contributed by atoms with E-state index in [4.69, 9.17) is 10.2 Å². The molecule has 27 heavy (non-hydrogen) atoms. The first kappa shape index (κ1) is 23.7. The zero-order valence-electron chi connectivity index (χ0n) is 17.6. The number of hydrogen-bond donors (Lipinski definition) is 2. The Kier molecular flexibility index (Phi) is 13.7. The van der Waals surface area contributed by atoms with Crippen LogP contribution in [0.2, 0.25) is 0 Å². The van der Waals surface area contributed by atoms with Gasteiger partial charge in [0.15, 0.2) is 5.69 Å². The lowest BCUT2D eigenvalue weighted by Gasteiger charge is -2.04. The lowest BCUT2D eigenvalue weighted by Crippen LogP contribution is -2.25. The molecule has 156 valence electrons. The molecule has 1 aromatic heterocycles. The Morgan fingerprint density at radius 1 is 0.963 bits per heavy atom. The van der Waals surface area contributed by atoms with Gasteiger partial charge in [0, 0.05) is 6.54 Å². The molecule has 1 unspecified atom stereocenters. The Morgan fingerprint density at radius 2 is 1.48 bits per heavy atom. The minimum atomic E-state index is -0.243. The third-order valence-electron chi connectivity index (χ3n) is 5.08. The normalized spacial score (nSPS) is 12.3. The predicted molar refractivity (Wildman–Crippen MR) is 112 cm³/mol. The van der Waals surface area contributed by atoms with Crippen molar-refractivity contribution in [1.82, 2.24) is 10.3 Å². The lowest BCUT2D eigenvalue weighted by molar-refractivity contribution is 0.0948. The van der Waals surface area contributed by atoms with E-state index in [-0.39, 0.29) is 11.9 Å². The van der Waals surface area contributed by atoms with Crippen molar-refractivity contribution >= 4 is 5.91 Å². The predicted octanol–water partition coefficient (Wildman–Crippen LogP) is 5.91. The van der Waals surface area contributed by atoms with Crippen LogP contribution in [0.4, 0.5) is 0 Å². The molecule has 0 aromatic carbocycles. The molecule has 0 fully saturated rings. The second-order valence-electron chi connectivity index (χ2n) is 7.58. The Balaban J connectivity index is 1.91. The van der Waals surface area contributed by atoms with Crippen LogP contribution < -0.4 is 11.1 Å². The molecule has 5 nitrogen and oxygen atoms in total. The smallest absolute Gasteiger partial charge is 0.273 e. The summed E-state index contributed by atoms with van der Waals surface area (Å²) in [5.74, 6) is 0.260. The van der Waals surface area contributed by atoms with Crippen LogP contribution in [0, 0.1) is 0 Å². The zero-order chi connectivity index (χ0) is 19.7. The largest absolute Gasteiger partial charge is 0.446 e. The highest BCUT2D eigenvalue weighted by molar-refractivity contribution is 5.91. The number of aromatic nitrogens is 1. The van der Waals surface area contributed by atoms with Crippen molar-refractivity contribution in [3.63, 3.8) is 0 Å². The molecule has 0 aliphatic heterocycles. The van der Waals surface area contributed by atoms with Crippen LogP contribution in [-0.2, 0) is 0 Å². The quantitative estimate of drug-likeness (QED) is 0.330. The third kappa shape index (κ3) is 11.2. The average Bonchev–Trinajstić information content (AvgIpc) is 3.18. The van der Waals surface area contributed by atoms with Gasteiger partial charge in [-0.1, -0.05) is 90.9 Å². The van der Waals surface area contributed by atoms with Crippen molar-refractivity contribution in [3.05, 3.63) is 17.8 Å². The van der Waals surface area contributed by atoms with E-state index < -0.39 is 0 Å². The Labute approximate surface area is 165 Å². The molecule has 1 heterocycles. The molecular weight excluding hydrogens is 338 g/mol. The number of nitrogens with one attached hydrogen (secondary N) is 1. The van der Waals surface area contributed by atoms with E-state index >= 15 is 0 Å². The summed E-state index contributed by atoms with van der Waals surface area (Å²) in [5, 5.41) is 2.91. The number of hydrogen-bond acceptors (Lipinski definition) is 4. The standard InChI is InChI=1S/C22H41N3O2/c1-3-5-6-7-8-9-10-11-12-13-14-15-16-17-24-21(26)20-18-27-22(25-20)19(23)4-2/h18-19H,3-17,23H2,1-2H3,(H,24,26). The molecule has 0 saturated heterocycles. The molecule has 0 bridgehead atoms. The van der Waals surface area contributed by atoms with E-state index in [1.807, 2.05) is 6.92 Å². The number of carbonyl (C=O) groups is 1. The summed E-state index contributed by atoms with van der Waals surface area (Å²) in [7, 11) is 0. The van der Waals surface area contributed by atoms with Crippen LogP contribution in [0.25, 0.3) is 0 Å². The Hall–Kier alpha value is -1.36. The van der Waals surface area contributed by atoms with Gasteiger partial charge in [-0.25, -0.2) is 4.98 Å². The van der Waals surface area contributed by atoms with Crippen molar-refractivity contribution < 1.29 is 9.21 Å². The second kappa shape index (κ2) is 15.7. The van der Waals surface area contributed by atoms with Crippen LogP contribution in [0.5, 0.6) is 0 Å². The average molecular weight is 380 g/mol. The van der Waals surface area contributed by atoms with E-state index in [1.165, 1.54) is 83.3 Å². The molecule has 1 rings (SSSR count). The fraction of sp³-hybridized carbons (Fsp3) is 0.818. The van der Waals surface area contributed by atoms with Gasteiger partial charge in [0.05, 0.1) is 6.04 Å². The van der Waals surface area contributed by atoms with Gasteiger partial charge >= 0.3 is 0 Å².